The molecule has 0 saturated heterocycles. The quantitative estimate of drug-likeness (QED) is 0.861. The number of nitrogens with one attached hydrogen (secondary N) is 1. The average molecular weight is 323 g/mol. The Balaban J connectivity index is 1.83. The van der Waals surface area contributed by atoms with Crippen molar-refractivity contribution in [2.45, 2.75) is 6.42 Å². The number of carbonyl (C=O) groups is 2. The molecule has 1 N–H and O–H groups in total. The number of halogens is 3. The van der Waals surface area contributed by atoms with Gasteiger partial charge in [0.05, 0.1) is 12.1 Å². The van der Waals surface area contributed by atoms with E-state index in [1.165, 1.54) is 24.3 Å². The summed E-state index contributed by atoms with van der Waals surface area (Å²) in [5, 5.41) is 2.10. The van der Waals surface area contributed by atoms with Gasteiger partial charge in [0.15, 0.2) is 6.61 Å². The highest BCUT2D eigenvalue weighted by atomic mass is 19.1. The summed E-state index contributed by atoms with van der Waals surface area (Å²) in [5.41, 5.74) is 0.178. The first kappa shape index (κ1) is 16.5. The molecule has 0 fully saturated rings. The standard InChI is InChI=1S/C16H12F3NO3/c17-11-3-1-10(2-4-11)7-16(22)23-9-15(21)20-14-8-12(18)5-6-13(14)19/h1-6,8H,7,9H2,(H,20,21). The van der Waals surface area contributed by atoms with Crippen LogP contribution in [0.5, 0.6) is 0 Å². The number of hydrogen-bond donors (Lipinski definition) is 1. The van der Waals surface area contributed by atoms with E-state index in [9.17, 15) is 22.8 Å². The van der Waals surface area contributed by atoms with Gasteiger partial charge in [0.1, 0.15) is 17.5 Å². The number of rotatable bonds is 5. The van der Waals surface area contributed by atoms with Crippen molar-refractivity contribution in [3.63, 3.8) is 0 Å². The molecule has 120 valence electrons. The highest BCUT2D eigenvalue weighted by Crippen LogP contribution is 2.15. The lowest BCUT2D eigenvalue weighted by atomic mass is 10.1. The van der Waals surface area contributed by atoms with E-state index < -0.39 is 35.9 Å². The zero-order chi connectivity index (χ0) is 16.8. The van der Waals surface area contributed by atoms with Crippen LogP contribution < -0.4 is 5.32 Å². The van der Waals surface area contributed by atoms with Crippen LogP contribution in [0.3, 0.4) is 0 Å². The molecule has 0 atom stereocenters. The summed E-state index contributed by atoms with van der Waals surface area (Å²) in [6, 6.07) is 7.81. The molecule has 0 aliphatic carbocycles. The lowest BCUT2D eigenvalue weighted by Crippen LogP contribution is -2.22. The molecule has 0 radical (unpaired) electrons. The van der Waals surface area contributed by atoms with Gasteiger partial charge in [-0.2, -0.15) is 0 Å². The van der Waals surface area contributed by atoms with Crippen LogP contribution in [0.15, 0.2) is 42.5 Å². The van der Waals surface area contributed by atoms with Gasteiger partial charge in [0.2, 0.25) is 0 Å². The Hall–Kier alpha value is -2.83. The molecule has 0 aromatic heterocycles. The van der Waals surface area contributed by atoms with Crippen molar-refractivity contribution >= 4 is 17.6 Å². The molecule has 0 heterocycles. The molecule has 23 heavy (non-hydrogen) atoms. The van der Waals surface area contributed by atoms with Crippen molar-refractivity contribution in [2.75, 3.05) is 11.9 Å². The number of anilines is 1. The number of esters is 1. The second-order valence-corrected chi connectivity index (χ2v) is 4.64. The van der Waals surface area contributed by atoms with Crippen LogP contribution in [0.4, 0.5) is 18.9 Å². The summed E-state index contributed by atoms with van der Waals surface area (Å²) in [7, 11) is 0. The maximum absolute atomic E-state index is 13.3. The number of amides is 1. The molecule has 0 aliphatic heterocycles. The molecule has 0 spiro atoms. The lowest BCUT2D eigenvalue weighted by Gasteiger charge is -2.07. The van der Waals surface area contributed by atoms with E-state index in [4.69, 9.17) is 4.74 Å². The number of ether oxygens (including phenoxy) is 1. The summed E-state index contributed by atoms with van der Waals surface area (Å²) in [4.78, 5) is 23.1. The summed E-state index contributed by atoms with van der Waals surface area (Å²) in [5.74, 6) is -3.46. The van der Waals surface area contributed by atoms with Gasteiger partial charge in [-0.15, -0.1) is 0 Å². The Morgan fingerprint density at radius 3 is 2.30 bits per heavy atom. The van der Waals surface area contributed by atoms with Crippen LogP contribution in [0.25, 0.3) is 0 Å². The fraction of sp³-hybridized carbons (Fsp3) is 0.125. The van der Waals surface area contributed by atoms with Crippen LogP contribution >= 0.6 is 0 Å². The van der Waals surface area contributed by atoms with Crippen LogP contribution in [-0.2, 0) is 20.7 Å². The minimum Gasteiger partial charge on any atom is -0.455 e. The smallest absolute Gasteiger partial charge is 0.310 e. The van der Waals surface area contributed by atoms with E-state index in [-0.39, 0.29) is 12.1 Å². The van der Waals surface area contributed by atoms with Gasteiger partial charge in [-0.05, 0) is 29.8 Å². The maximum atomic E-state index is 13.3. The van der Waals surface area contributed by atoms with E-state index in [1.807, 2.05) is 0 Å². The Kier molecular flexibility index (Phi) is 5.35. The third-order valence-corrected chi connectivity index (χ3v) is 2.83. The largest absolute Gasteiger partial charge is 0.455 e. The van der Waals surface area contributed by atoms with Gasteiger partial charge < -0.3 is 10.1 Å². The molecular weight excluding hydrogens is 311 g/mol. The van der Waals surface area contributed by atoms with E-state index in [0.29, 0.717) is 5.56 Å². The van der Waals surface area contributed by atoms with Gasteiger partial charge in [-0.3, -0.25) is 9.59 Å². The normalized spacial score (nSPS) is 10.2. The summed E-state index contributed by atoms with van der Waals surface area (Å²) in [6.45, 7) is -0.643. The minimum atomic E-state index is -0.808. The fourth-order valence-electron chi connectivity index (χ4n) is 1.75. The minimum absolute atomic E-state index is 0.137. The lowest BCUT2D eigenvalue weighted by molar-refractivity contribution is -0.146. The second kappa shape index (κ2) is 7.44. The fourth-order valence-corrected chi connectivity index (χ4v) is 1.75. The number of benzene rings is 2. The van der Waals surface area contributed by atoms with Gasteiger partial charge in [0.25, 0.3) is 5.91 Å². The van der Waals surface area contributed by atoms with E-state index >= 15 is 0 Å². The average Bonchev–Trinajstić information content (AvgIpc) is 2.51. The van der Waals surface area contributed by atoms with Gasteiger partial charge >= 0.3 is 5.97 Å². The third kappa shape index (κ3) is 5.14. The van der Waals surface area contributed by atoms with E-state index in [2.05, 4.69) is 5.32 Å². The molecule has 0 aliphatic rings. The highest BCUT2D eigenvalue weighted by Gasteiger charge is 2.11. The summed E-state index contributed by atoms with van der Waals surface area (Å²) in [6.07, 6.45) is -0.137. The summed E-state index contributed by atoms with van der Waals surface area (Å²) >= 11 is 0. The predicted molar refractivity (Wildman–Crippen MR) is 76.1 cm³/mol. The first-order valence-electron chi connectivity index (χ1n) is 6.59. The monoisotopic (exact) mass is 323 g/mol. The van der Waals surface area contributed by atoms with Crippen molar-refractivity contribution in [1.29, 1.82) is 0 Å². The van der Waals surface area contributed by atoms with Crippen molar-refractivity contribution in [2.24, 2.45) is 0 Å². The summed E-state index contributed by atoms with van der Waals surface area (Å²) < 4.78 is 43.7. The second-order valence-electron chi connectivity index (χ2n) is 4.64. The SMILES string of the molecule is O=C(COC(=O)Cc1ccc(F)cc1)Nc1cc(F)ccc1F. The predicted octanol–water partition coefficient (Wildman–Crippen LogP) is 2.83. The third-order valence-electron chi connectivity index (χ3n) is 2.83. The van der Waals surface area contributed by atoms with E-state index in [1.54, 1.807) is 0 Å². The zero-order valence-corrected chi connectivity index (χ0v) is 11.8. The topological polar surface area (TPSA) is 55.4 Å². The molecule has 0 bridgehead atoms. The number of carbonyl (C=O) groups excluding carboxylic acids is 2. The Bertz CT molecular complexity index is 717. The van der Waals surface area contributed by atoms with Crippen molar-refractivity contribution in [3.8, 4) is 0 Å². The van der Waals surface area contributed by atoms with Gasteiger partial charge in [-0.1, -0.05) is 12.1 Å². The Labute approximate surface area is 129 Å². The first-order chi connectivity index (χ1) is 10.9. The first-order valence-corrected chi connectivity index (χ1v) is 6.59. The zero-order valence-electron chi connectivity index (χ0n) is 11.8. The Morgan fingerprint density at radius 1 is 0.957 bits per heavy atom. The van der Waals surface area contributed by atoms with Crippen molar-refractivity contribution in [3.05, 3.63) is 65.5 Å². The van der Waals surface area contributed by atoms with Crippen LogP contribution in [0.2, 0.25) is 0 Å². The molecule has 2 aromatic carbocycles. The molecule has 2 rings (SSSR count). The molecule has 0 saturated carbocycles. The van der Waals surface area contributed by atoms with Crippen LogP contribution in [-0.4, -0.2) is 18.5 Å². The molecule has 1 amide bonds. The highest BCUT2D eigenvalue weighted by molar-refractivity contribution is 5.93. The number of hydrogen-bond acceptors (Lipinski definition) is 3. The molecule has 4 nitrogen and oxygen atoms in total. The van der Waals surface area contributed by atoms with E-state index in [0.717, 1.165) is 18.2 Å². The van der Waals surface area contributed by atoms with Gasteiger partial charge in [-0.25, -0.2) is 13.2 Å². The maximum Gasteiger partial charge on any atom is 0.310 e. The van der Waals surface area contributed by atoms with Crippen LogP contribution in [0.1, 0.15) is 5.56 Å². The van der Waals surface area contributed by atoms with Crippen molar-refractivity contribution < 1.29 is 27.5 Å². The molecular formula is C16H12F3NO3. The molecule has 0 unspecified atom stereocenters. The van der Waals surface area contributed by atoms with Gasteiger partial charge in [0, 0.05) is 6.07 Å². The van der Waals surface area contributed by atoms with Crippen LogP contribution in [0, 0.1) is 17.5 Å². The van der Waals surface area contributed by atoms with Crippen molar-refractivity contribution in [1.82, 2.24) is 0 Å². The molecule has 2 aromatic rings. The molecule has 7 heteroatoms. The Morgan fingerprint density at radius 2 is 1.61 bits per heavy atom.